The van der Waals surface area contributed by atoms with Crippen molar-refractivity contribution in [2.75, 3.05) is 13.2 Å². The number of rotatable bonds is 3. The van der Waals surface area contributed by atoms with Gasteiger partial charge in [0.25, 0.3) is 0 Å². The van der Waals surface area contributed by atoms with Crippen LogP contribution in [0.3, 0.4) is 0 Å². The van der Waals surface area contributed by atoms with E-state index in [1.165, 1.54) is 6.20 Å². The minimum Gasteiger partial charge on any atom is -0.375 e. The molecule has 6 nitrogen and oxygen atoms in total. The average molecular weight is 315 g/mol. The number of hydrogen-bond acceptors (Lipinski definition) is 4. The van der Waals surface area contributed by atoms with Crippen LogP contribution in [0.2, 0.25) is 0 Å². The zero-order chi connectivity index (χ0) is 16.4. The maximum atomic E-state index is 12.5. The van der Waals surface area contributed by atoms with Gasteiger partial charge in [-0.1, -0.05) is 12.1 Å². The Balaban J connectivity index is 1.75. The summed E-state index contributed by atoms with van der Waals surface area (Å²) in [4.78, 5) is 26.2. The molecule has 1 amide bonds. The minimum absolute atomic E-state index is 0.0708. The molecule has 2 heterocycles. The first-order valence-electron chi connectivity index (χ1n) is 7.92. The van der Waals surface area contributed by atoms with Crippen LogP contribution in [0.1, 0.15) is 20.3 Å². The number of amides is 1. The van der Waals surface area contributed by atoms with Crippen molar-refractivity contribution in [2.45, 2.75) is 39.0 Å². The van der Waals surface area contributed by atoms with Gasteiger partial charge in [-0.15, -0.1) is 0 Å². The predicted molar refractivity (Wildman–Crippen MR) is 87.2 cm³/mol. The van der Waals surface area contributed by atoms with Crippen molar-refractivity contribution >= 4 is 16.8 Å². The molecule has 1 aromatic heterocycles. The molecule has 23 heavy (non-hydrogen) atoms. The largest absolute Gasteiger partial charge is 0.375 e. The molecule has 2 aromatic rings. The third-order valence-electron chi connectivity index (χ3n) is 4.23. The second-order valence-electron chi connectivity index (χ2n) is 6.04. The molecule has 0 N–H and O–H groups in total. The molecule has 2 atom stereocenters. The molecule has 1 aliphatic rings. The Morgan fingerprint density at radius 3 is 2.96 bits per heavy atom. The van der Waals surface area contributed by atoms with E-state index < -0.39 is 0 Å². The Morgan fingerprint density at radius 1 is 1.35 bits per heavy atom. The van der Waals surface area contributed by atoms with E-state index in [4.69, 9.17) is 4.74 Å². The van der Waals surface area contributed by atoms with Crippen molar-refractivity contribution in [3.05, 3.63) is 40.7 Å². The van der Waals surface area contributed by atoms with E-state index in [1.807, 2.05) is 36.9 Å². The Morgan fingerprint density at radius 2 is 2.13 bits per heavy atom. The van der Waals surface area contributed by atoms with Crippen LogP contribution in [0.5, 0.6) is 0 Å². The molecule has 0 radical (unpaired) electrons. The van der Waals surface area contributed by atoms with E-state index in [-0.39, 0.29) is 23.5 Å². The minimum atomic E-state index is -0.0983. The monoisotopic (exact) mass is 315 g/mol. The highest BCUT2D eigenvalue weighted by Crippen LogP contribution is 2.14. The van der Waals surface area contributed by atoms with E-state index in [0.717, 1.165) is 5.52 Å². The molecule has 1 fully saturated rings. The molecule has 0 saturated carbocycles. The maximum Gasteiger partial charge on any atom is 0.224 e. The van der Waals surface area contributed by atoms with Crippen molar-refractivity contribution in [1.82, 2.24) is 14.7 Å². The van der Waals surface area contributed by atoms with Gasteiger partial charge in [0.15, 0.2) is 0 Å². The van der Waals surface area contributed by atoms with E-state index in [2.05, 4.69) is 5.10 Å². The van der Waals surface area contributed by atoms with Crippen LogP contribution in [-0.4, -0.2) is 45.9 Å². The van der Waals surface area contributed by atoms with Crippen molar-refractivity contribution < 1.29 is 9.53 Å². The van der Waals surface area contributed by atoms with Crippen molar-refractivity contribution in [2.24, 2.45) is 0 Å². The van der Waals surface area contributed by atoms with E-state index in [9.17, 15) is 9.59 Å². The number of aromatic nitrogens is 2. The summed E-state index contributed by atoms with van der Waals surface area (Å²) >= 11 is 0. The van der Waals surface area contributed by atoms with Gasteiger partial charge in [-0.3, -0.25) is 14.3 Å². The summed E-state index contributed by atoms with van der Waals surface area (Å²) in [5.74, 6) is 0.0947. The highest BCUT2D eigenvalue weighted by molar-refractivity contribution is 5.79. The number of nitrogens with zero attached hydrogens (tertiary/aromatic N) is 3. The number of fused-ring (bicyclic) bond motifs is 1. The summed E-state index contributed by atoms with van der Waals surface area (Å²) in [6, 6.07) is 7.43. The van der Waals surface area contributed by atoms with Crippen LogP contribution in [0.25, 0.3) is 10.9 Å². The smallest absolute Gasteiger partial charge is 0.224 e. The highest BCUT2D eigenvalue weighted by Gasteiger charge is 2.27. The van der Waals surface area contributed by atoms with Crippen LogP contribution in [0, 0.1) is 0 Å². The Kier molecular flexibility index (Phi) is 4.43. The first kappa shape index (κ1) is 15.7. The van der Waals surface area contributed by atoms with Gasteiger partial charge in [0.1, 0.15) is 0 Å². The van der Waals surface area contributed by atoms with Gasteiger partial charge in [-0.05, 0) is 26.0 Å². The fourth-order valence-electron chi connectivity index (χ4n) is 2.94. The molecule has 2 unspecified atom stereocenters. The van der Waals surface area contributed by atoms with Gasteiger partial charge in [0, 0.05) is 18.4 Å². The van der Waals surface area contributed by atoms with Gasteiger partial charge >= 0.3 is 0 Å². The lowest BCUT2D eigenvalue weighted by molar-refractivity contribution is -0.143. The number of ether oxygens (including phenoxy) is 1. The summed E-state index contributed by atoms with van der Waals surface area (Å²) in [6.07, 6.45) is 1.74. The fourth-order valence-corrected chi connectivity index (χ4v) is 2.94. The molecule has 0 bridgehead atoms. The lowest BCUT2D eigenvalue weighted by atomic mass is 10.2. The molecule has 1 aromatic carbocycles. The van der Waals surface area contributed by atoms with Crippen LogP contribution >= 0.6 is 0 Å². The van der Waals surface area contributed by atoms with Gasteiger partial charge in [0.05, 0.1) is 37.0 Å². The molecule has 1 saturated heterocycles. The average Bonchev–Trinajstić information content (AvgIpc) is 2.56. The summed E-state index contributed by atoms with van der Waals surface area (Å²) in [5, 5.41) is 4.79. The quantitative estimate of drug-likeness (QED) is 0.859. The fraction of sp³-hybridized carbons (Fsp3) is 0.471. The van der Waals surface area contributed by atoms with Gasteiger partial charge in [-0.25, -0.2) is 0 Å². The number of morpholine rings is 1. The van der Waals surface area contributed by atoms with Gasteiger partial charge in [0.2, 0.25) is 11.3 Å². The van der Waals surface area contributed by atoms with E-state index >= 15 is 0 Å². The summed E-state index contributed by atoms with van der Waals surface area (Å²) in [6.45, 7) is 5.63. The molecule has 0 aliphatic carbocycles. The van der Waals surface area contributed by atoms with Crippen LogP contribution in [0.15, 0.2) is 35.3 Å². The van der Waals surface area contributed by atoms with Crippen molar-refractivity contribution in [1.29, 1.82) is 0 Å². The number of carbonyl (C=O) groups is 1. The zero-order valence-corrected chi connectivity index (χ0v) is 13.4. The Labute approximate surface area is 134 Å². The highest BCUT2D eigenvalue weighted by atomic mass is 16.5. The molecule has 3 rings (SSSR count). The van der Waals surface area contributed by atoms with E-state index in [0.29, 0.717) is 31.5 Å². The molecular weight excluding hydrogens is 294 g/mol. The molecule has 6 heteroatoms. The SMILES string of the molecule is CC1CN(C(=O)CCn2ncc(=O)c3ccccc32)C(C)CO1. The summed E-state index contributed by atoms with van der Waals surface area (Å²) in [5.41, 5.74) is 0.662. The number of carbonyl (C=O) groups excluding carboxylic acids is 1. The predicted octanol–water partition coefficient (Wildman–Crippen LogP) is 1.42. The molecule has 1 aliphatic heterocycles. The molecular formula is C17H21N3O3. The topological polar surface area (TPSA) is 64.4 Å². The second kappa shape index (κ2) is 6.50. The lowest BCUT2D eigenvalue weighted by Gasteiger charge is -2.36. The van der Waals surface area contributed by atoms with Crippen molar-refractivity contribution in [3.8, 4) is 0 Å². The summed E-state index contributed by atoms with van der Waals surface area (Å²) in [7, 11) is 0. The Bertz CT molecular complexity index is 771. The lowest BCUT2D eigenvalue weighted by Crippen LogP contribution is -2.50. The van der Waals surface area contributed by atoms with Gasteiger partial charge < -0.3 is 9.64 Å². The van der Waals surface area contributed by atoms with Crippen LogP contribution < -0.4 is 5.43 Å². The molecule has 0 spiro atoms. The first-order chi connectivity index (χ1) is 11.1. The summed E-state index contributed by atoms with van der Waals surface area (Å²) < 4.78 is 7.28. The number of aryl methyl sites for hydroxylation is 1. The second-order valence-corrected chi connectivity index (χ2v) is 6.04. The third-order valence-corrected chi connectivity index (χ3v) is 4.23. The van der Waals surface area contributed by atoms with E-state index in [1.54, 1.807) is 10.7 Å². The zero-order valence-electron chi connectivity index (χ0n) is 13.4. The third kappa shape index (κ3) is 3.27. The number of para-hydroxylation sites is 1. The Hall–Kier alpha value is -2.21. The van der Waals surface area contributed by atoms with Gasteiger partial charge in [-0.2, -0.15) is 5.10 Å². The van der Waals surface area contributed by atoms with Crippen LogP contribution in [0.4, 0.5) is 0 Å². The van der Waals surface area contributed by atoms with Crippen molar-refractivity contribution in [3.63, 3.8) is 0 Å². The number of benzene rings is 1. The maximum absolute atomic E-state index is 12.5. The number of hydrogen-bond donors (Lipinski definition) is 0. The normalized spacial score (nSPS) is 21.6. The standard InChI is InChI=1S/C17H21N3O3/c1-12-11-23-13(2)10-19(12)17(22)7-8-20-15-6-4-3-5-14(15)16(21)9-18-20/h3-6,9,12-13H,7-8,10-11H2,1-2H3. The first-order valence-corrected chi connectivity index (χ1v) is 7.92. The van der Waals surface area contributed by atoms with Crippen LogP contribution in [-0.2, 0) is 16.1 Å². The molecule has 122 valence electrons.